The Kier molecular flexibility index (Phi) is 6.41. The molecule has 0 aromatic heterocycles. The highest BCUT2D eigenvalue weighted by molar-refractivity contribution is 5.99. The Labute approximate surface area is 144 Å². The lowest BCUT2D eigenvalue weighted by Crippen LogP contribution is -2.29. The van der Waals surface area contributed by atoms with E-state index in [1.807, 2.05) is 30.3 Å². The monoisotopic (exact) mass is 339 g/mol. The normalized spacial score (nSPS) is 10.4. The number of amides is 2. The number of hydrazone groups is 1. The van der Waals surface area contributed by atoms with Gasteiger partial charge in [0, 0.05) is 12.1 Å². The molecule has 2 aromatic rings. The minimum absolute atomic E-state index is 0.0705. The number of nitrogens with zero attached hydrogens (tertiary/aromatic N) is 1. The number of carboxylic acids is 1. The third-order valence-electron chi connectivity index (χ3n) is 3.24. The van der Waals surface area contributed by atoms with E-state index in [1.165, 1.54) is 12.3 Å². The number of hydrogen-bond acceptors (Lipinski definition) is 4. The summed E-state index contributed by atoms with van der Waals surface area (Å²) in [5.74, 6) is -2.11. The predicted molar refractivity (Wildman–Crippen MR) is 92.0 cm³/mol. The van der Waals surface area contributed by atoms with Crippen molar-refractivity contribution in [2.45, 2.75) is 13.0 Å². The maximum Gasteiger partial charge on any atom is 0.336 e. The molecular weight excluding hydrogens is 322 g/mol. The van der Waals surface area contributed by atoms with Crippen LogP contribution in [0.2, 0.25) is 0 Å². The third-order valence-corrected chi connectivity index (χ3v) is 3.24. The zero-order valence-corrected chi connectivity index (χ0v) is 13.3. The Bertz CT molecular complexity index is 788. The van der Waals surface area contributed by atoms with Crippen molar-refractivity contribution in [3.05, 3.63) is 71.3 Å². The first-order valence-electron chi connectivity index (χ1n) is 7.51. The van der Waals surface area contributed by atoms with Crippen LogP contribution in [0.4, 0.5) is 0 Å². The fourth-order valence-corrected chi connectivity index (χ4v) is 2.02. The highest BCUT2D eigenvalue weighted by atomic mass is 16.4. The summed E-state index contributed by atoms with van der Waals surface area (Å²) in [6.45, 7) is 0.336. The van der Waals surface area contributed by atoms with E-state index >= 15 is 0 Å². The van der Waals surface area contributed by atoms with Gasteiger partial charge >= 0.3 is 5.97 Å². The summed E-state index contributed by atoms with van der Waals surface area (Å²) >= 11 is 0. The molecule has 0 heterocycles. The van der Waals surface area contributed by atoms with Crippen molar-refractivity contribution in [1.82, 2.24) is 10.7 Å². The largest absolute Gasteiger partial charge is 0.478 e. The van der Waals surface area contributed by atoms with Crippen LogP contribution in [0, 0.1) is 0 Å². The maximum atomic E-state index is 11.7. The summed E-state index contributed by atoms with van der Waals surface area (Å²) in [6, 6.07) is 15.6. The van der Waals surface area contributed by atoms with E-state index in [-0.39, 0.29) is 12.0 Å². The zero-order chi connectivity index (χ0) is 18.1. The highest BCUT2D eigenvalue weighted by Crippen LogP contribution is 2.05. The smallest absolute Gasteiger partial charge is 0.336 e. The van der Waals surface area contributed by atoms with Gasteiger partial charge in [-0.2, -0.15) is 5.10 Å². The SMILES string of the molecule is O=C(CC(=O)N/N=C\c1ccccc1C(=O)O)NCc1ccccc1. The molecule has 0 saturated carbocycles. The molecule has 7 heteroatoms. The maximum absolute atomic E-state index is 11.7. The van der Waals surface area contributed by atoms with Crippen LogP contribution in [-0.2, 0) is 16.1 Å². The summed E-state index contributed by atoms with van der Waals surface area (Å²) in [4.78, 5) is 34.4. The molecule has 0 fully saturated rings. The van der Waals surface area contributed by atoms with Gasteiger partial charge in [0.25, 0.3) is 0 Å². The van der Waals surface area contributed by atoms with E-state index in [4.69, 9.17) is 5.11 Å². The Morgan fingerprint density at radius 2 is 1.64 bits per heavy atom. The van der Waals surface area contributed by atoms with E-state index in [9.17, 15) is 14.4 Å². The number of benzene rings is 2. The Balaban J connectivity index is 1.80. The molecule has 128 valence electrons. The molecule has 0 aliphatic carbocycles. The molecule has 7 nitrogen and oxygen atoms in total. The molecule has 2 rings (SSSR count). The lowest BCUT2D eigenvalue weighted by molar-refractivity contribution is -0.129. The molecule has 2 aromatic carbocycles. The average molecular weight is 339 g/mol. The Morgan fingerprint density at radius 1 is 0.960 bits per heavy atom. The number of carbonyl (C=O) groups excluding carboxylic acids is 2. The standard InChI is InChI=1S/C18H17N3O4/c22-16(19-11-13-6-2-1-3-7-13)10-17(23)21-20-12-14-8-4-5-9-15(14)18(24)25/h1-9,12H,10-11H2,(H,19,22)(H,21,23)(H,24,25)/b20-12-. The zero-order valence-electron chi connectivity index (χ0n) is 13.3. The summed E-state index contributed by atoms with van der Waals surface area (Å²) < 4.78 is 0. The number of hydrogen-bond donors (Lipinski definition) is 3. The van der Waals surface area contributed by atoms with Gasteiger partial charge in [-0.05, 0) is 11.6 Å². The van der Waals surface area contributed by atoms with Gasteiger partial charge in [-0.3, -0.25) is 9.59 Å². The van der Waals surface area contributed by atoms with Crippen LogP contribution >= 0.6 is 0 Å². The summed E-state index contributed by atoms with van der Waals surface area (Å²) in [6.07, 6.45) is 0.855. The average Bonchev–Trinajstić information content (AvgIpc) is 2.61. The molecule has 0 spiro atoms. The molecule has 0 radical (unpaired) electrons. The molecule has 0 saturated heterocycles. The van der Waals surface area contributed by atoms with Gasteiger partial charge in [-0.25, -0.2) is 10.2 Å². The summed E-state index contributed by atoms with van der Waals surface area (Å²) in [5, 5.41) is 15.4. The minimum atomic E-state index is -1.09. The molecule has 0 bridgehead atoms. The predicted octanol–water partition coefficient (Wildman–Crippen LogP) is 1.54. The van der Waals surface area contributed by atoms with Crippen molar-refractivity contribution in [1.29, 1.82) is 0 Å². The van der Waals surface area contributed by atoms with Gasteiger partial charge in [0.15, 0.2) is 0 Å². The molecule has 25 heavy (non-hydrogen) atoms. The molecule has 0 atom stereocenters. The lowest BCUT2D eigenvalue weighted by Gasteiger charge is -2.04. The second-order valence-electron chi connectivity index (χ2n) is 5.12. The second kappa shape index (κ2) is 8.97. The van der Waals surface area contributed by atoms with Crippen LogP contribution in [-0.4, -0.2) is 29.1 Å². The number of nitrogens with one attached hydrogen (secondary N) is 2. The minimum Gasteiger partial charge on any atom is -0.478 e. The van der Waals surface area contributed by atoms with Gasteiger partial charge in [0.2, 0.25) is 11.8 Å². The quantitative estimate of drug-likeness (QED) is 0.404. The summed E-state index contributed by atoms with van der Waals surface area (Å²) in [7, 11) is 0. The molecule has 0 unspecified atom stereocenters. The number of carbonyl (C=O) groups is 3. The van der Waals surface area contributed by atoms with Gasteiger partial charge in [0.1, 0.15) is 6.42 Å². The number of carboxylic acid groups (broad SMARTS) is 1. The molecular formula is C18H17N3O4. The van der Waals surface area contributed by atoms with Crippen LogP contribution in [0.15, 0.2) is 59.7 Å². The van der Waals surface area contributed by atoms with Gasteiger partial charge < -0.3 is 10.4 Å². The van der Waals surface area contributed by atoms with Crippen molar-refractivity contribution in [3.63, 3.8) is 0 Å². The van der Waals surface area contributed by atoms with Crippen molar-refractivity contribution >= 4 is 24.0 Å². The van der Waals surface area contributed by atoms with Crippen molar-refractivity contribution in [2.24, 2.45) is 5.10 Å². The fourth-order valence-electron chi connectivity index (χ4n) is 2.02. The van der Waals surface area contributed by atoms with Gasteiger partial charge in [0.05, 0.1) is 11.8 Å². The topological polar surface area (TPSA) is 108 Å². The first kappa shape index (κ1) is 17.9. The molecule has 3 N–H and O–H groups in total. The number of aromatic carboxylic acids is 1. The summed E-state index contributed by atoms with van der Waals surface area (Å²) in [5.41, 5.74) is 3.55. The van der Waals surface area contributed by atoms with Crippen molar-refractivity contribution < 1.29 is 19.5 Å². The van der Waals surface area contributed by atoms with E-state index in [0.29, 0.717) is 12.1 Å². The van der Waals surface area contributed by atoms with Crippen LogP contribution in [0.1, 0.15) is 27.9 Å². The molecule has 0 aliphatic heterocycles. The molecule has 0 aliphatic rings. The van der Waals surface area contributed by atoms with Gasteiger partial charge in [-0.15, -0.1) is 0 Å². The van der Waals surface area contributed by atoms with Crippen molar-refractivity contribution in [3.8, 4) is 0 Å². The fraction of sp³-hybridized carbons (Fsp3) is 0.111. The van der Waals surface area contributed by atoms with Crippen LogP contribution in [0.5, 0.6) is 0 Å². The van der Waals surface area contributed by atoms with E-state index in [2.05, 4.69) is 15.8 Å². The molecule has 2 amide bonds. The van der Waals surface area contributed by atoms with Crippen LogP contribution in [0.3, 0.4) is 0 Å². The first-order valence-corrected chi connectivity index (χ1v) is 7.51. The Hall–Kier alpha value is -3.48. The first-order chi connectivity index (χ1) is 12.1. The van der Waals surface area contributed by atoms with Gasteiger partial charge in [-0.1, -0.05) is 48.5 Å². The van der Waals surface area contributed by atoms with Crippen LogP contribution in [0.25, 0.3) is 0 Å². The van der Waals surface area contributed by atoms with E-state index < -0.39 is 17.8 Å². The second-order valence-corrected chi connectivity index (χ2v) is 5.12. The van der Waals surface area contributed by atoms with Crippen LogP contribution < -0.4 is 10.7 Å². The number of rotatable bonds is 7. The Morgan fingerprint density at radius 3 is 2.36 bits per heavy atom. The third kappa shape index (κ3) is 5.91. The van der Waals surface area contributed by atoms with E-state index in [0.717, 1.165) is 5.56 Å². The van der Waals surface area contributed by atoms with E-state index in [1.54, 1.807) is 18.2 Å². The van der Waals surface area contributed by atoms with Crippen molar-refractivity contribution in [2.75, 3.05) is 0 Å². The lowest BCUT2D eigenvalue weighted by atomic mass is 10.1. The highest BCUT2D eigenvalue weighted by Gasteiger charge is 2.09.